The first-order valence-electron chi connectivity index (χ1n) is 9.67. The zero-order chi connectivity index (χ0) is 20.8. The first-order valence-corrected chi connectivity index (χ1v) is 9.67. The molecule has 0 spiro atoms. The maximum Gasteiger partial charge on any atom is 0.274 e. The number of aromatic nitrogens is 3. The lowest BCUT2D eigenvalue weighted by Gasteiger charge is -2.19. The molecule has 0 radical (unpaired) electrons. The van der Waals surface area contributed by atoms with Crippen molar-refractivity contribution in [2.24, 2.45) is 0 Å². The predicted molar refractivity (Wildman–Crippen MR) is 114 cm³/mol. The molecule has 0 bridgehead atoms. The summed E-state index contributed by atoms with van der Waals surface area (Å²) in [5, 5.41) is 11.5. The van der Waals surface area contributed by atoms with Crippen LogP contribution in [0.3, 0.4) is 0 Å². The molecule has 150 valence electrons. The molecule has 0 aliphatic rings. The number of hydrogen-bond donors (Lipinski definition) is 1. The molecule has 6 nitrogen and oxygen atoms in total. The van der Waals surface area contributed by atoms with E-state index in [4.69, 9.17) is 4.74 Å². The molecule has 0 fully saturated rings. The second-order valence-corrected chi connectivity index (χ2v) is 6.79. The molecule has 0 atom stereocenters. The molecule has 1 amide bonds. The zero-order valence-corrected chi connectivity index (χ0v) is 16.6. The van der Waals surface area contributed by atoms with Gasteiger partial charge in [-0.05, 0) is 23.3 Å². The SMILES string of the molecule is COCc1c(C(=O)NC(c2ccccc2)c2ccccc2)nnn1-c1ccccc1. The van der Waals surface area contributed by atoms with Crippen LogP contribution in [0.2, 0.25) is 0 Å². The largest absolute Gasteiger partial charge is 0.378 e. The number of nitrogens with zero attached hydrogens (tertiary/aromatic N) is 3. The van der Waals surface area contributed by atoms with Crippen molar-refractivity contribution >= 4 is 5.91 Å². The number of carbonyl (C=O) groups excluding carboxylic acids is 1. The highest BCUT2D eigenvalue weighted by atomic mass is 16.5. The van der Waals surface area contributed by atoms with Crippen LogP contribution < -0.4 is 5.32 Å². The number of para-hydroxylation sites is 1. The fraction of sp³-hybridized carbons (Fsp3) is 0.125. The van der Waals surface area contributed by atoms with Crippen LogP contribution >= 0.6 is 0 Å². The highest BCUT2D eigenvalue weighted by Crippen LogP contribution is 2.23. The monoisotopic (exact) mass is 398 g/mol. The summed E-state index contributed by atoms with van der Waals surface area (Å²) >= 11 is 0. The van der Waals surface area contributed by atoms with Gasteiger partial charge >= 0.3 is 0 Å². The minimum atomic E-state index is -0.308. The zero-order valence-electron chi connectivity index (χ0n) is 16.6. The van der Waals surface area contributed by atoms with Crippen LogP contribution in [-0.4, -0.2) is 28.0 Å². The van der Waals surface area contributed by atoms with Gasteiger partial charge in [0, 0.05) is 7.11 Å². The van der Waals surface area contributed by atoms with Crippen LogP contribution in [0.15, 0.2) is 91.0 Å². The molecule has 6 heteroatoms. The minimum Gasteiger partial charge on any atom is -0.378 e. The third kappa shape index (κ3) is 4.14. The highest BCUT2D eigenvalue weighted by molar-refractivity contribution is 5.94. The number of benzene rings is 3. The standard InChI is InChI=1S/C24H22N4O2/c1-30-17-21-23(26-27-28(21)20-15-9-4-10-16-20)24(29)25-22(18-11-5-2-6-12-18)19-13-7-3-8-14-19/h2-16,22H,17H2,1H3,(H,25,29). The maximum atomic E-state index is 13.3. The number of nitrogens with one attached hydrogen (secondary N) is 1. The summed E-state index contributed by atoms with van der Waals surface area (Å²) in [6.07, 6.45) is 0. The Morgan fingerprint density at radius 2 is 1.43 bits per heavy atom. The molecule has 1 N–H and O–H groups in total. The summed E-state index contributed by atoms with van der Waals surface area (Å²) in [6, 6.07) is 29.0. The Morgan fingerprint density at radius 1 is 0.900 bits per heavy atom. The third-order valence-electron chi connectivity index (χ3n) is 4.80. The van der Waals surface area contributed by atoms with Crippen molar-refractivity contribution in [1.29, 1.82) is 0 Å². The molecule has 4 aromatic rings. The van der Waals surface area contributed by atoms with Gasteiger partial charge in [0.25, 0.3) is 5.91 Å². The second-order valence-electron chi connectivity index (χ2n) is 6.79. The number of amides is 1. The van der Waals surface area contributed by atoms with E-state index in [9.17, 15) is 4.79 Å². The quantitative estimate of drug-likeness (QED) is 0.512. The van der Waals surface area contributed by atoms with Crippen molar-refractivity contribution in [3.05, 3.63) is 114 Å². The molecule has 0 aliphatic heterocycles. The van der Waals surface area contributed by atoms with E-state index in [2.05, 4.69) is 15.6 Å². The van der Waals surface area contributed by atoms with Crippen molar-refractivity contribution in [1.82, 2.24) is 20.3 Å². The van der Waals surface area contributed by atoms with Gasteiger partial charge in [-0.25, -0.2) is 4.68 Å². The van der Waals surface area contributed by atoms with Crippen LogP contribution in [0.5, 0.6) is 0 Å². The molecule has 0 unspecified atom stereocenters. The van der Waals surface area contributed by atoms with E-state index in [0.29, 0.717) is 5.69 Å². The molecular weight excluding hydrogens is 376 g/mol. The summed E-state index contributed by atoms with van der Waals surface area (Å²) in [5.74, 6) is -0.304. The molecule has 4 rings (SSSR count). The fourth-order valence-electron chi connectivity index (χ4n) is 3.37. The highest BCUT2D eigenvalue weighted by Gasteiger charge is 2.24. The maximum absolute atomic E-state index is 13.3. The third-order valence-corrected chi connectivity index (χ3v) is 4.80. The van der Waals surface area contributed by atoms with Crippen LogP contribution in [0, 0.1) is 0 Å². The summed E-state index contributed by atoms with van der Waals surface area (Å²) in [6.45, 7) is 0.214. The number of rotatable bonds is 7. The van der Waals surface area contributed by atoms with Crippen LogP contribution in [0.25, 0.3) is 5.69 Å². The van der Waals surface area contributed by atoms with E-state index in [1.807, 2.05) is 91.0 Å². The van der Waals surface area contributed by atoms with E-state index >= 15 is 0 Å². The fourth-order valence-corrected chi connectivity index (χ4v) is 3.37. The summed E-state index contributed by atoms with van der Waals surface area (Å²) in [4.78, 5) is 13.3. The van der Waals surface area contributed by atoms with Gasteiger partial charge < -0.3 is 10.1 Å². The van der Waals surface area contributed by atoms with Gasteiger partial charge in [0.05, 0.1) is 18.3 Å². The van der Waals surface area contributed by atoms with Crippen LogP contribution in [-0.2, 0) is 11.3 Å². The molecule has 0 saturated carbocycles. The summed E-state index contributed by atoms with van der Waals surface area (Å²) in [7, 11) is 1.58. The van der Waals surface area contributed by atoms with Crippen LogP contribution in [0.1, 0.15) is 33.4 Å². The Labute approximate surface area is 175 Å². The van der Waals surface area contributed by atoms with E-state index in [1.165, 1.54) is 0 Å². The number of carbonyl (C=O) groups is 1. The average Bonchev–Trinajstić information content (AvgIpc) is 3.23. The lowest BCUT2D eigenvalue weighted by atomic mass is 9.98. The van der Waals surface area contributed by atoms with Crippen molar-refractivity contribution in [3.8, 4) is 5.69 Å². The molecule has 0 saturated heterocycles. The molecular formula is C24H22N4O2. The number of ether oxygens (including phenoxy) is 1. The summed E-state index contributed by atoms with van der Waals surface area (Å²) in [5.41, 5.74) is 3.64. The lowest BCUT2D eigenvalue weighted by Crippen LogP contribution is -2.30. The first-order chi connectivity index (χ1) is 14.8. The molecule has 1 aromatic heterocycles. The Morgan fingerprint density at radius 3 is 1.97 bits per heavy atom. The Balaban J connectivity index is 1.69. The van der Waals surface area contributed by atoms with Crippen LogP contribution in [0.4, 0.5) is 0 Å². The van der Waals surface area contributed by atoms with Gasteiger partial charge in [-0.3, -0.25) is 4.79 Å². The van der Waals surface area contributed by atoms with Crippen molar-refractivity contribution in [3.63, 3.8) is 0 Å². The Hall–Kier alpha value is -3.77. The topological polar surface area (TPSA) is 69.0 Å². The molecule has 3 aromatic carbocycles. The predicted octanol–water partition coefficient (Wildman–Crippen LogP) is 3.93. The Kier molecular flexibility index (Phi) is 5.96. The first kappa shape index (κ1) is 19.5. The number of hydrogen-bond acceptors (Lipinski definition) is 4. The second kappa shape index (κ2) is 9.15. The molecule has 30 heavy (non-hydrogen) atoms. The van der Waals surface area contributed by atoms with Crippen molar-refractivity contribution < 1.29 is 9.53 Å². The van der Waals surface area contributed by atoms with E-state index < -0.39 is 0 Å². The normalized spacial score (nSPS) is 10.9. The van der Waals surface area contributed by atoms with E-state index in [-0.39, 0.29) is 24.2 Å². The Bertz CT molecular complexity index is 1060. The van der Waals surface area contributed by atoms with E-state index in [0.717, 1.165) is 16.8 Å². The molecule has 1 heterocycles. The van der Waals surface area contributed by atoms with E-state index in [1.54, 1.807) is 11.8 Å². The smallest absolute Gasteiger partial charge is 0.274 e. The van der Waals surface area contributed by atoms with Gasteiger partial charge in [0.1, 0.15) is 5.69 Å². The van der Waals surface area contributed by atoms with Gasteiger partial charge in [-0.15, -0.1) is 5.10 Å². The van der Waals surface area contributed by atoms with Gasteiger partial charge in [0.15, 0.2) is 5.69 Å². The summed E-state index contributed by atoms with van der Waals surface area (Å²) < 4.78 is 6.97. The van der Waals surface area contributed by atoms with Crippen molar-refractivity contribution in [2.75, 3.05) is 7.11 Å². The van der Waals surface area contributed by atoms with Gasteiger partial charge in [-0.1, -0.05) is 84.1 Å². The minimum absolute atomic E-state index is 0.214. The van der Waals surface area contributed by atoms with Gasteiger partial charge in [0.2, 0.25) is 0 Å². The number of methoxy groups -OCH3 is 1. The van der Waals surface area contributed by atoms with Gasteiger partial charge in [-0.2, -0.15) is 0 Å². The lowest BCUT2D eigenvalue weighted by molar-refractivity contribution is 0.0932. The van der Waals surface area contributed by atoms with Crippen molar-refractivity contribution in [2.45, 2.75) is 12.6 Å². The average molecular weight is 398 g/mol. The molecule has 0 aliphatic carbocycles.